The fraction of sp³-hybridized carbons (Fsp3) is 0.381. The van der Waals surface area contributed by atoms with Gasteiger partial charge in [0.05, 0.1) is 5.39 Å². The van der Waals surface area contributed by atoms with Crippen molar-refractivity contribution in [1.29, 1.82) is 0 Å². The number of hydrogen-bond acceptors (Lipinski definition) is 4. The molecule has 0 aliphatic rings. The number of ketones is 1. The molecule has 0 amide bonds. The van der Waals surface area contributed by atoms with Crippen LogP contribution in [0.1, 0.15) is 51.4 Å². The summed E-state index contributed by atoms with van der Waals surface area (Å²) in [6.45, 7) is 8.11. The number of aromatic nitrogens is 2. The molecular weight excluding hydrogens is 344 g/mol. The minimum atomic E-state index is -0.0456. The summed E-state index contributed by atoms with van der Waals surface area (Å²) in [5, 5.41) is 2.67. The first kappa shape index (κ1) is 18.5. The molecule has 4 nitrogen and oxygen atoms in total. The molecule has 2 aromatic heterocycles. The van der Waals surface area contributed by atoms with Crippen LogP contribution in [-0.2, 0) is 17.8 Å². The maximum Gasteiger partial charge on any atom is 0.262 e. The molecule has 2 heterocycles. The summed E-state index contributed by atoms with van der Waals surface area (Å²) in [5.74, 6) is 0.944. The molecule has 0 spiro atoms. The molecule has 3 rings (SSSR count). The molecule has 26 heavy (non-hydrogen) atoms. The fourth-order valence-corrected chi connectivity index (χ4v) is 4.04. The molecule has 0 saturated heterocycles. The van der Waals surface area contributed by atoms with Gasteiger partial charge in [0.2, 0.25) is 0 Å². The molecular formula is C21H24N2O2S. The molecule has 0 aliphatic heterocycles. The summed E-state index contributed by atoms with van der Waals surface area (Å²) in [5.41, 5.74) is 3.18. The van der Waals surface area contributed by atoms with Gasteiger partial charge in [0.25, 0.3) is 5.56 Å². The van der Waals surface area contributed by atoms with Crippen molar-refractivity contribution in [2.24, 2.45) is 0 Å². The number of nitrogens with zero attached hydrogens (tertiary/aromatic N) is 2. The predicted molar refractivity (Wildman–Crippen MR) is 108 cm³/mol. The molecule has 0 aliphatic carbocycles. The number of aryl methyl sites for hydroxylation is 1. The van der Waals surface area contributed by atoms with Crippen LogP contribution in [0.15, 0.2) is 34.4 Å². The van der Waals surface area contributed by atoms with Gasteiger partial charge in [-0.15, -0.1) is 11.3 Å². The summed E-state index contributed by atoms with van der Waals surface area (Å²) < 4.78 is 1.69. The van der Waals surface area contributed by atoms with E-state index in [0.29, 0.717) is 18.4 Å². The minimum Gasteiger partial charge on any atom is -0.300 e. The number of hydrogen-bond donors (Lipinski definition) is 0. The van der Waals surface area contributed by atoms with E-state index in [1.54, 1.807) is 11.5 Å². The van der Waals surface area contributed by atoms with Crippen LogP contribution in [0, 0.1) is 0 Å². The largest absolute Gasteiger partial charge is 0.300 e. The van der Waals surface area contributed by atoms with Crippen LogP contribution >= 0.6 is 11.3 Å². The highest BCUT2D eigenvalue weighted by Crippen LogP contribution is 2.32. The average molecular weight is 369 g/mol. The zero-order chi connectivity index (χ0) is 18.8. The summed E-state index contributed by atoms with van der Waals surface area (Å²) in [4.78, 5) is 30.2. The quantitative estimate of drug-likeness (QED) is 0.628. The lowest BCUT2D eigenvalue weighted by Crippen LogP contribution is -2.26. The highest BCUT2D eigenvalue weighted by molar-refractivity contribution is 7.17. The van der Waals surface area contributed by atoms with Gasteiger partial charge in [-0.1, -0.05) is 45.0 Å². The fourth-order valence-electron chi connectivity index (χ4n) is 3.10. The van der Waals surface area contributed by atoms with Crippen LogP contribution in [0.4, 0.5) is 0 Å². The number of benzene rings is 1. The minimum absolute atomic E-state index is 0.0456. The van der Waals surface area contributed by atoms with E-state index in [2.05, 4.69) is 31.2 Å². The Morgan fingerprint density at radius 3 is 2.50 bits per heavy atom. The molecule has 0 atom stereocenters. The van der Waals surface area contributed by atoms with E-state index >= 15 is 0 Å². The van der Waals surface area contributed by atoms with Crippen LogP contribution in [0.5, 0.6) is 0 Å². The first-order valence-electron chi connectivity index (χ1n) is 9.03. The molecule has 0 radical (unpaired) electrons. The Kier molecular flexibility index (Phi) is 5.37. The SMILES string of the molecule is CCc1ccc(-c2csc3nc(C(C)C)n(CCC(C)=O)c(=O)c23)cc1. The zero-order valence-corrected chi connectivity index (χ0v) is 16.5. The Morgan fingerprint density at radius 2 is 1.92 bits per heavy atom. The van der Waals surface area contributed by atoms with Gasteiger partial charge in [-0.3, -0.25) is 14.2 Å². The molecule has 5 heteroatoms. The van der Waals surface area contributed by atoms with Crippen molar-refractivity contribution in [1.82, 2.24) is 9.55 Å². The van der Waals surface area contributed by atoms with E-state index in [1.807, 2.05) is 19.2 Å². The van der Waals surface area contributed by atoms with E-state index in [1.165, 1.54) is 16.9 Å². The topological polar surface area (TPSA) is 52.0 Å². The van der Waals surface area contributed by atoms with Gasteiger partial charge in [0.15, 0.2) is 0 Å². The number of rotatable bonds is 6. The Labute approximate surface area is 157 Å². The standard InChI is InChI=1S/C21H24N2O2S/c1-5-15-6-8-16(9-7-15)17-12-26-20-18(17)21(25)23(11-10-14(4)24)19(22-20)13(2)3/h6-9,12-13H,5,10-11H2,1-4H3. The van der Waals surface area contributed by atoms with E-state index in [9.17, 15) is 9.59 Å². The van der Waals surface area contributed by atoms with Crippen molar-refractivity contribution < 1.29 is 4.79 Å². The van der Waals surface area contributed by atoms with E-state index < -0.39 is 0 Å². The summed E-state index contributed by atoms with van der Waals surface area (Å²) in [7, 11) is 0. The third-order valence-electron chi connectivity index (χ3n) is 4.60. The predicted octanol–water partition coefficient (Wildman–Crippen LogP) is 4.79. The molecule has 1 aromatic carbocycles. The number of carbonyl (C=O) groups excluding carboxylic acids is 1. The average Bonchev–Trinajstić information content (AvgIpc) is 3.04. The van der Waals surface area contributed by atoms with Crippen LogP contribution in [0.3, 0.4) is 0 Å². The smallest absolute Gasteiger partial charge is 0.262 e. The van der Waals surface area contributed by atoms with Crippen LogP contribution < -0.4 is 5.56 Å². The van der Waals surface area contributed by atoms with Crippen molar-refractivity contribution in [3.05, 3.63) is 51.4 Å². The number of fused-ring (bicyclic) bond motifs is 1. The summed E-state index contributed by atoms with van der Waals surface area (Å²) in [6, 6.07) is 8.33. The van der Waals surface area contributed by atoms with Gasteiger partial charge in [0.1, 0.15) is 16.4 Å². The number of thiophene rings is 1. The van der Waals surface area contributed by atoms with Gasteiger partial charge >= 0.3 is 0 Å². The van der Waals surface area contributed by atoms with Gasteiger partial charge in [-0.2, -0.15) is 0 Å². The Balaban J connectivity index is 2.19. The lowest BCUT2D eigenvalue weighted by molar-refractivity contribution is -0.117. The molecule has 0 saturated carbocycles. The second-order valence-corrected chi connectivity index (χ2v) is 7.77. The molecule has 3 aromatic rings. The maximum atomic E-state index is 13.3. The number of Topliss-reactive ketones (excluding diaryl/α,β-unsaturated/α-hetero) is 1. The van der Waals surface area contributed by atoms with Crippen molar-refractivity contribution in [2.45, 2.75) is 53.0 Å². The third kappa shape index (κ3) is 3.49. The first-order valence-corrected chi connectivity index (χ1v) is 9.91. The van der Waals surface area contributed by atoms with E-state index in [-0.39, 0.29) is 17.3 Å². The maximum absolute atomic E-state index is 13.3. The summed E-state index contributed by atoms with van der Waals surface area (Å²) in [6.07, 6.45) is 1.33. The van der Waals surface area contributed by atoms with Crippen molar-refractivity contribution >= 4 is 27.3 Å². The highest BCUT2D eigenvalue weighted by Gasteiger charge is 2.18. The van der Waals surface area contributed by atoms with Crippen molar-refractivity contribution in [3.8, 4) is 11.1 Å². The molecule has 0 bridgehead atoms. The molecule has 0 N–H and O–H groups in total. The van der Waals surface area contributed by atoms with Gasteiger partial charge < -0.3 is 0 Å². The van der Waals surface area contributed by atoms with Crippen molar-refractivity contribution in [2.75, 3.05) is 0 Å². The lowest BCUT2D eigenvalue weighted by atomic mass is 10.0. The monoisotopic (exact) mass is 368 g/mol. The van der Waals surface area contributed by atoms with Gasteiger partial charge in [-0.25, -0.2) is 4.98 Å². The number of carbonyl (C=O) groups is 1. The third-order valence-corrected chi connectivity index (χ3v) is 5.47. The van der Waals surface area contributed by atoms with Gasteiger partial charge in [0, 0.05) is 29.8 Å². The molecule has 136 valence electrons. The Bertz CT molecular complexity index is 997. The highest BCUT2D eigenvalue weighted by atomic mass is 32.1. The summed E-state index contributed by atoms with van der Waals surface area (Å²) >= 11 is 1.51. The van der Waals surface area contributed by atoms with Crippen LogP contribution in [-0.4, -0.2) is 15.3 Å². The second kappa shape index (κ2) is 7.54. The van der Waals surface area contributed by atoms with Gasteiger partial charge in [-0.05, 0) is 24.5 Å². The normalized spacial score (nSPS) is 11.4. The van der Waals surface area contributed by atoms with E-state index in [4.69, 9.17) is 4.98 Å². The molecule has 0 unspecified atom stereocenters. The van der Waals surface area contributed by atoms with Crippen LogP contribution in [0.2, 0.25) is 0 Å². The molecule has 0 fully saturated rings. The zero-order valence-electron chi connectivity index (χ0n) is 15.7. The lowest BCUT2D eigenvalue weighted by Gasteiger charge is -2.14. The first-order chi connectivity index (χ1) is 12.4. The van der Waals surface area contributed by atoms with E-state index in [0.717, 1.165) is 28.2 Å². The second-order valence-electron chi connectivity index (χ2n) is 6.91. The Morgan fingerprint density at radius 1 is 1.23 bits per heavy atom. The van der Waals surface area contributed by atoms with Crippen molar-refractivity contribution in [3.63, 3.8) is 0 Å². The Hall–Kier alpha value is -2.27. The van der Waals surface area contributed by atoms with Crippen LogP contribution in [0.25, 0.3) is 21.3 Å².